The molecule has 0 bridgehead atoms. The Labute approximate surface area is 113 Å². The Kier molecular flexibility index (Phi) is 21.5. The normalized spacial score (nSPS) is 7.06. The van der Waals surface area contributed by atoms with Crippen molar-refractivity contribution >= 4 is 5.97 Å². The van der Waals surface area contributed by atoms with Crippen molar-refractivity contribution in [2.45, 2.75) is 48.5 Å². The van der Waals surface area contributed by atoms with Gasteiger partial charge in [-0.3, -0.25) is 0 Å². The molecule has 0 saturated heterocycles. The zero-order valence-corrected chi connectivity index (χ0v) is 12.9. The lowest BCUT2D eigenvalue weighted by Crippen LogP contribution is -2.03. The molecule has 0 fully saturated rings. The summed E-state index contributed by atoms with van der Waals surface area (Å²) in [4.78, 5) is 10.8. The first kappa shape index (κ1) is 21.7. The molecule has 1 aromatic carbocycles. The van der Waals surface area contributed by atoms with Gasteiger partial charge in [0.1, 0.15) is 5.75 Å². The molecule has 1 aromatic rings. The van der Waals surface area contributed by atoms with Gasteiger partial charge in [0.25, 0.3) is 0 Å². The predicted molar refractivity (Wildman–Crippen MR) is 81.1 cm³/mol. The highest BCUT2D eigenvalue weighted by Crippen LogP contribution is 2.15. The largest absolute Gasteiger partial charge is 0.423 e. The van der Waals surface area contributed by atoms with Gasteiger partial charge in [0, 0.05) is 6.08 Å². The molecule has 1 rings (SSSR count). The lowest BCUT2D eigenvalue weighted by Gasteiger charge is -2.03. The fourth-order valence-electron chi connectivity index (χ4n) is 0.821. The number of para-hydroxylation sites is 1. The fourth-order valence-corrected chi connectivity index (χ4v) is 0.821. The van der Waals surface area contributed by atoms with Gasteiger partial charge in [0.15, 0.2) is 0 Å². The van der Waals surface area contributed by atoms with Crippen molar-refractivity contribution in [1.29, 1.82) is 0 Å². The zero-order chi connectivity index (χ0) is 15.0. The highest BCUT2D eigenvalue weighted by molar-refractivity contribution is 5.83. The van der Waals surface area contributed by atoms with E-state index in [1.807, 2.05) is 66.7 Å². The molecule has 0 atom stereocenters. The van der Waals surface area contributed by atoms with Crippen LogP contribution in [0.15, 0.2) is 36.9 Å². The molecule has 0 unspecified atom stereocenters. The van der Waals surface area contributed by atoms with E-state index >= 15 is 0 Å². The second-order valence-corrected chi connectivity index (χ2v) is 2.39. The summed E-state index contributed by atoms with van der Waals surface area (Å²) in [5.41, 5.74) is 0.938. The van der Waals surface area contributed by atoms with Crippen LogP contribution in [0.3, 0.4) is 0 Å². The third-order valence-corrected chi connectivity index (χ3v) is 1.47. The first-order valence-corrected chi connectivity index (χ1v) is 6.64. The Balaban J connectivity index is -0.000000328. The lowest BCUT2D eigenvalue weighted by molar-refractivity contribution is -0.129. The number of ether oxygens (including phenoxy) is 1. The van der Waals surface area contributed by atoms with Crippen LogP contribution in [0.5, 0.6) is 5.75 Å². The molecule has 2 nitrogen and oxygen atoms in total. The van der Waals surface area contributed by atoms with E-state index in [9.17, 15) is 4.79 Å². The molecule has 104 valence electrons. The zero-order valence-electron chi connectivity index (χ0n) is 12.9. The summed E-state index contributed by atoms with van der Waals surface area (Å²) in [6.45, 7) is 17.2. The minimum atomic E-state index is -0.427. The number of hydrogen-bond acceptors (Lipinski definition) is 2. The number of esters is 1. The van der Waals surface area contributed by atoms with E-state index < -0.39 is 5.97 Å². The minimum Gasteiger partial charge on any atom is -0.423 e. The fraction of sp³-hybridized carbons (Fsp3) is 0.438. The van der Waals surface area contributed by atoms with Gasteiger partial charge in [-0.25, -0.2) is 4.79 Å². The third kappa shape index (κ3) is 10.9. The van der Waals surface area contributed by atoms with Crippen molar-refractivity contribution in [3.05, 3.63) is 42.5 Å². The van der Waals surface area contributed by atoms with Crippen LogP contribution in [0.4, 0.5) is 0 Å². The van der Waals surface area contributed by atoms with Crippen LogP contribution < -0.4 is 4.74 Å². The van der Waals surface area contributed by atoms with Crippen molar-refractivity contribution in [2.24, 2.45) is 0 Å². The van der Waals surface area contributed by atoms with Gasteiger partial charge < -0.3 is 4.74 Å². The van der Waals surface area contributed by atoms with Gasteiger partial charge in [-0.2, -0.15) is 0 Å². The number of carbonyl (C=O) groups excluding carboxylic acids is 1. The van der Waals surface area contributed by atoms with Crippen molar-refractivity contribution in [1.82, 2.24) is 0 Å². The average Bonchev–Trinajstić information content (AvgIpc) is 2.47. The van der Waals surface area contributed by atoms with E-state index in [2.05, 4.69) is 6.58 Å². The average molecular weight is 252 g/mol. The molecule has 0 saturated carbocycles. The maximum absolute atomic E-state index is 10.8. The monoisotopic (exact) mass is 252 g/mol. The van der Waals surface area contributed by atoms with Crippen molar-refractivity contribution < 1.29 is 9.53 Å². The second-order valence-electron chi connectivity index (χ2n) is 2.39. The summed E-state index contributed by atoms with van der Waals surface area (Å²) in [7, 11) is 0. The topological polar surface area (TPSA) is 26.3 Å². The number of rotatable bonds is 2. The van der Waals surface area contributed by atoms with Crippen molar-refractivity contribution in [2.75, 3.05) is 0 Å². The maximum Gasteiger partial charge on any atom is 0.335 e. The molecular formula is C16H28O2. The minimum absolute atomic E-state index is 0.427. The predicted octanol–water partition coefficient (Wildman–Crippen LogP) is 5.17. The van der Waals surface area contributed by atoms with Crippen molar-refractivity contribution in [3.63, 3.8) is 0 Å². The summed E-state index contributed by atoms with van der Waals surface area (Å²) >= 11 is 0. The molecule has 2 heteroatoms. The van der Waals surface area contributed by atoms with E-state index in [-0.39, 0.29) is 0 Å². The molecule has 0 aliphatic carbocycles. The Morgan fingerprint density at radius 3 is 1.89 bits per heavy atom. The maximum atomic E-state index is 10.8. The van der Waals surface area contributed by atoms with Crippen LogP contribution >= 0.6 is 0 Å². The highest BCUT2D eigenvalue weighted by Gasteiger charge is 2.00. The van der Waals surface area contributed by atoms with E-state index in [1.54, 1.807) is 6.07 Å². The van der Waals surface area contributed by atoms with Crippen LogP contribution in [-0.2, 0) is 4.79 Å². The Bertz CT molecular complexity index is 304. The van der Waals surface area contributed by atoms with E-state index in [4.69, 9.17) is 4.74 Å². The molecule has 0 radical (unpaired) electrons. The Morgan fingerprint density at radius 2 is 1.50 bits per heavy atom. The standard InChI is InChI=1S/C10H10O2.3C2H6/c1-3-10(11)12-9-7-5-4-6-8(9)2;3*1-2/h3-7H,1H2,2H3;3*1-2H3. The van der Waals surface area contributed by atoms with Gasteiger partial charge in [-0.1, -0.05) is 66.3 Å². The van der Waals surface area contributed by atoms with Gasteiger partial charge in [-0.05, 0) is 18.6 Å². The molecule has 0 amide bonds. The highest BCUT2D eigenvalue weighted by atomic mass is 16.5. The second kappa shape index (κ2) is 17.8. The summed E-state index contributed by atoms with van der Waals surface area (Å²) in [5.74, 6) is 0.159. The van der Waals surface area contributed by atoms with Crippen LogP contribution in [0.25, 0.3) is 0 Å². The first-order valence-electron chi connectivity index (χ1n) is 6.64. The Morgan fingerprint density at radius 1 is 1.06 bits per heavy atom. The van der Waals surface area contributed by atoms with E-state index in [0.717, 1.165) is 11.6 Å². The third-order valence-electron chi connectivity index (χ3n) is 1.47. The van der Waals surface area contributed by atoms with Crippen LogP contribution in [0.1, 0.15) is 47.1 Å². The number of aryl methyl sites for hydroxylation is 1. The summed E-state index contributed by atoms with van der Waals surface area (Å²) in [6, 6.07) is 7.34. The summed E-state index contributed by atoms with van der Waals surface area (Å²) < 4.78 is 4.94. The molecule has 0 spiro atoms. The summed E-state index contributed by atoms with van der Waals surface area (Å²) in [5, 5.41) is 0. The first-order chi connectivity index (χ1) is 8.74. The molecule has 0 aliphatic heterocycles. The van der Waals surface area contributed by atoms with Gasteiger partial charge >= 0.3 is 5.97 Å². The number of carbonyl (C=O) groups is 1. The quantitative estimate of drug-likeness (QED) is 0.412. The smallest absolute Gasteiger partial charge is 0.335 e. The molecular weight excluding hydrogens is 224 g/mol. The molecule has 0 heterocycles. The van der Waals surface area contributed by atoms with Crippen LogP contribution in [-0.4, -0.2) is 5.97 Å². The summed E-state index contributed by atoms with van der Waals surface area (Å²) in [6.07, 6.45) is 1.15. The molecule has 18 heavy (non-hydrogen) atoms. The molecule has 0 aliphatic rings. The van der Waals surface area contributed by atoms with Crippen LogP contribution in [0.2, 0.25) is 0 Å². The van der Waals surface area contributed by atoms with Crippen molar-refractivity contribution in [3.8, 4) is 5.75 Å². The van der Waals surface area contributed by atoms with Gasteiger partial charge in [-0.15, -0.1) is 0 Å². The lowest BCUT2D eigenvalue weighted by atomic mass is 10.2. The molecule has 0 N–H and O–H groups in total. The SMILES string of the molecule is C=CC(=O)Oc1ccccc1C.CC.CC.CC. The van der Waals surface area contributed by atoms with Gasteiger partial charge in [0.05, 0.1) is 0 Å². The number of benzene rings is 1. The van der Waals surface area contributed by atoms with E-state index in [0.29, 0.717) is 5.75 Å². The Hall–Kier alpha value is -1.57. The van der Waals surface area contributed by atoms with Gasteiger partial charge in [0.2, 0.25) is 0 Å². The molecule has 0 aromatic heterocycles. The van der Waals surface area contributed by atoms with Crippen LogP contribution in [0, 0.1) is 6.92 Å². The number of hydrogen-bond donors (Lipinski definition) is 0. The van der Waals surface area contributed by atoms with E-state index in [1.165, 1.54) is 0 Å².